The van der Waals surface area contributed by atoms with Crippen molar-refractivity contribution in [3.63, 3.8) is 0 Å². The van der Waals surface area contributed by atoms with Crippen molar-refractivity contribution in [3.05, 3.63) is 47.0 Å². The minimum atomic E-state index is -3.73. The second-order valence-electron chi connectivity index (χ2n) is 6.92. The smallest absolute Gasteiger partial charge is 0.199 e. The molecule has 0 aliphatic heterocycles. The van der Waals surface area contributed by atoms with Crippen molar-refractivity contribution >= 4 is 21.4 Å². The van der Waals surface area contributed by atoms with Crippen LogP contribution < -0.4 is 0 Å². The van der Waals surface area contributed by atoms with E-state index in [0.717, 1.165) is 0 Å². The SMILES string of the molecule is COCCn1c(CS(=O)(=O)[C@@H](C)[C@H](OC)c2ncc(Cl)cn2)nnc1-c1ccc(C)o1. The summed E-state index contributed by atoms with van der Waals surface area (Å²) in [6.45, 7) is 4.09. The molecular weight excluding hydrogens is 446 g/mol. The lowest BCUT2D eigenvalue weighted by molar-refractivity contribution is 0.0948. The molecule has 2 atom stereocenters. The van der Waals surface area contributed by atoms with E-state index in [1.165, 1.54) is 19.5 Å². The molecule has 10 nitrogen and oxygen atoms in total. The van der Waals surface area contributed by atoms with Crippen LogP contribution >= 0.6 is 11.6 Å². The Morgan fingerprint density at radius 1 is 1.19 bits per heavy atom. The number of nitrogens with zero attached hydrogens (tertiary/aromatic N) is 5. The molecule has 0 spiro atoms. The van der Waals surface area contributed by atoms with Crippen LogP contribution in [0.1, 0.15) is 30.4 Å². The van der Waals surface area contributed by atoms with E-state index in [0.29, 0.717) is 35.5 Å². The lowest BCUT2D eigenvalue weighted by Gasteiger charge is -2.21. The molecule has 0 N–H and O–H groups in total. The van der Waals surface area contributed by atoms with Gasteiger partial charge < -0.3 is 18.5 Å². The third-order valence-corrected chi connectivity index (χ3v) is 7.01. The molecule has 0 saturated carbocycles. The first-order valence-electron chi connectivity index (χ1n) is 9.46. The summed E-state index contributed by atoms with van der Waals surface area (Å²) >= 11 is 5.83. The Balaban J connectivity index is 1.90. The van der Waals surface area contributed by atoms with Gasteiger partial charge in [0.15, 0.2) is 27.2 Å². The Morgan fingerprint density at radius 3 is 2.48 bits per heavy atom. The zero-order valence-corrected chi connectivity index (χ0v) is 19.2. The zero-order valence-electron chi connectivity index (χ0n) is 17.6. The summed E-state index contributed by atoms with van der Waals surface area (Å²) in [7, 11) is -0.753. The molecule has 0 radical (unpaired) electrons. The Kier molecular flexibility index (Phi) is 7.42. The first-order chi connectivity index (χ1) is 14.8. The van der Waals surface area contributed by atoms with E-state index in [9.17, 15) is 8.42 Å². The van der Waals surface area contributed by atoms with Crippen molar-refractivity contribution in [3.8, 4) is 11.6 Å². The molecule has 3 aromatic heterocycles. The van der Waals surface area contributed by atoms with Crippen LogP contribution in [0.3, 0.4) is 0 Å². The molecule has 3 heterocycles. The maximum absolute atomic E-state index is 13.2. The number of halogens is 1. The monoisotopic (exact) mass is 469 g/mol. The number of sulfone groups is 1. The first-order valence-corrected chi connectivity index (χ1v) is 11.6. The molecule has 0 saturated heterocycles. The fourth-order valence-electron chi connectivity index (χ4n) is 3.07. The van der Waals surface area contributed by atoms with E-state index in [1.54, 1.807) is 30.7 Å². The number of aromatic nitrogens is 5. The fourth-order valence-corrected chi connectivity index (χ4v) is 4.62. The lowest BCUT2D eigenvalue weighted by atomic mass is 10.2. The maximum Gasteiger partial charge on any atom is 0.199 e. The van der Waals surface area contributed by atoms with Gasteiger partial charge in [-0.25, -0.2) is 18.4 Å². The highest BCUT2D eigenvalue weighted by Crippen LogP contribution is 2.27. The van der Waals surface area contributed by atoms with Crippen LogP contribution in [0, 0.1) is 6.92 Å². The lowest BCUT2D eigenvalue weighted by Crippen LogP contribution is -2.30. The van der Waals surface area contributed by atoms with Crippen LogP contribution in [-0.4, -0.2) is 59.2 Å². The molecule has 3 rings (SSSR count). The van der Waals surface area contributed by atoms with Crippen molar-refractivity contribution < 1.29 is 22.3 Å². The third-order valence-electron chi connectivity index (χ3n) is 4.78. The van der Waals surface area contributed by atoms with Crippen molar-refractivity contribution in [2.45, 2.75) is 37.5 Å². The highest BCUT2D eigenvalue weighted by Gasteiger charge is 2.34. The van der Waals surface area contributed by atoms with Crippen LogP contribution in [0.25, 0.3) is 11.6 Å². The van der Waals surface area contributed by atoms with Gasteiger partial charge >= 0.3 is 0 Å². The van der Waals surface area contributed by atoms with Gasteiger partial charge in [0.05, 0.1) is 16.9 Å². The predicted molar refractivity (Wildman–Crippen MR) is 113 cm³/mol. The summed E-state index contributed by atoms with van der Waals surface area (Å²) in [5, 5.41) is 7.68. The first kappa shape index (κ1) is 23.3. The number of furan rings is 1. The van der Waals surface area contributed by atoms with Crippen LogP contribution in [0.15, 0.2) is 28.9 Å². The Morgan fingerprint density at radius 2 is 1.90 bits per heavy atom. The molecule has 168 valence electrons. The maximum atomic E-state index is 13.2. The van der Waals surface area contributed by atoms with Gasteiger partial charge in [-0.15, -0.1) is 10.2 Å². The largest absolute Gasteiger partial charge is 0.458 e. The molecule has 0 aliphatic rings. The summed E-state index contributed by atoms with van der Waals surface area (Å²) in [5.74, 6) is 1.81. The van der Waals surface area contributed by atoms with E-state index in [4.69, 9.17) is 25.5 Å². The minimum absolute atomic E-state index is 0.232. The highest BCUT2D eigenvalue weighted by molar-refractivity contribution is 7.91. The van der Waals surface area contributed by atoms with Crippen molar-refractivity contribution in [2.75, 3.05) is 20.8 Å². The van der Waals surface area contributed by atoms with Gasteiger partial charge in [0.1, 0.15) is 23.4 Å². The Bertz CT molecular complexity index is 1110. The van der Waals surface area contributed by atoms with Crippen LogP contribution in [-0.2, 0) is 31.6 Å². The molecule has 0 unspecified atom stereocenters. The van der Waals surface area contributed by atoms with Gasteiger partial charge in [0.25, 0.3) is 0 Å². The van der Waals surface area contributed by atoms with Gasteiger partial charge in [-0.05, 0) is 26.0 Å². The number of hydrogen-bond donors (Lipinski definition) is 0. The van der Waals surface area contributed by atoms with Gasteiger partial charge in [0, 0.05) is 33.2 Å². The summed E-state index contributed by atoms with van der Waals surface area (Å²) in [6, 6.07) is 3.57. The number of hydrogen-bond acceptors (Lipinski definition) is 9. The molecular formula is C19H24ClN5O5S. The van der Waals surface area contributed by atoms with Crippen molar-refractivity contribution in [1.29, 1.82) is 0 Å². The van der Waals surface area contributed by atoms with Crippen molar-refractivity contribution in [2.24, 2.45) is 0 Å². The predicted octanol–water partition coefficient (Wildman–Crippen LogP) is 2.63. The molecule has 31 heavy (non-hydrogen) atoms. The van der Waals surface area contributed by atoms with E-state index < -0.39 is 21.2 Å². The minimum Gasteiger partial charge on any atom is -0.458 e. The molecule has 0 bridgehead atoms. The highest BCUT2D eigenvalue weighted by atomic mass is 35.5. The van der Waals surface area contributed by atoms with Gasteiger partial charge in [-0.2, -0.15) is 0 Å². The van der Waals surface area contributed by atoms with Crippen molar-refractivity contribution in [1.82, 2.24) is 24.7 Å². The van der Waals surface area contributed by atoms with E-state index in [2.05, 4.69) is 20.2 Å². The van der Waals surface area contributed by atoms with E-state index in [1.807, 2.05) is 6.92 Å². The molecule has 0 amide bonds. The quantitative estimate of drug-likeness (QED) is 0.440. The normalized spacial score (nSPS) is 14.0. The van der Waals surface area contributed by atoms with Crippen LogP contribution in [0.5, 0.6) is 0 Å². The molecule has 0 fully saturated rings. The standard InChI is InChI=1S/C19H24ClN5O5S/c1-12-5-6-15(30-12)19-24-23-16(25(19)7-8-28-3)11-31(26,27)13(2)17(29-4)18-21-9-14(20)10-22-18/h5-6,9-10,13,17H,7-8,11H2,1-4H3/t13-,17-/m0/s1. The average Bonchev–Trinajstić information content (AvgIpc) is 3.33. The summed E-state index contributed by atoms with van der Waals surface area (Å²) < 4.78 is 44.3. The van der Waals surface area contributed by atoms with Gasteiger partial charge in [-0.3, -0.25) is 0 Å². The van der Waals surface area contributed by atoms with E-state index >= 15 is 0 Å². The number of aryl methyl sites for hydroxylation is 1. The Labute approximate surface area is 185 Å². The van der Waals surface area contributed by atoms with E-state index in [-0.39, 0.29) is 17.4 Å². The molecule has 0 aromatic carbocycles. The molecule has 12 heteroatoms. The summed E-state index contributed by atoms with van der Waals surface area (Å²) in [5.41, 5.74) is 0. The summed E-state index contributed by atoms with van der Waals surface area (Å²) in [4.78, 5) is 8.20. The van der Waals surface area contributed by atoms with Crippen LogP contribution in [0.2, 0.25) is 5.02 Å². The number of ether oxygens (including phenoxy) is 2. The molecule has 3 aromatic rings. The third kappa shape index (κ3) is 5.29. The summed E-state index contributed by atoms with van der Waals surface area (Å²) in [6.07, 6.45) is 1.92. The zero-order chi connectivity index (χ0) is 22.6. The Hall–Kier alpha value is -2.34. The fraction of sp³-hybridized carbons (Fsp3) is 0.474. The topological polar surface area (TPSA) is 122 Å². The second-order valence-corrected chi connectivity index (χ2v) is 9.72. The van der Waals surface area contributed by atoms with Gasteiger partial charge in [0.2, 0.25) is 0 Å². The molecule has 0 aliphatic carbocycles. The van der Waals surface area contributed by atoms with Crippen LogP contribution in [0.4, 0.5) is 0 Å². The van der Waals surface area contributed by atoms with Gasteiger partial charge in [-0.1, -0.05) is 11.6 Å². The second kappa shape index (κ2) is 9.86. The number of rotatable bonds is 10. The number of methoxy groups -OCH3 is 2. The average molecular weight is 470 g/mol.